The maximum Gasteiger partial charge on any atom is 0.253 e. The van der Waals surface area contributed by atoms with Gasteiger partial charge in [0.05, 0.1) is 28.0 Å². The maximum atomic E-state index is 13.5. The molecule has 3 saturated heterocycles. The molecule has 1 aromatic carbocycles. The predicted octanol–water partition coefficient (Wildman–Crippen LogP) is 3.49. The van der Waals surface area contributed by atoms with Crippen molar-refractivity contribution < 1.29 is 18.6 Å². The SMILES string of the molecule is CC.CC(=O)NCCCN1CCC(CS(=O)N2C3CC[C@@H]2CC(NC(=O)c2cc4c(cc2Cl)NC(=O)C4)C3)CC1. The van der Waals surface area contributed by atoms with Gasteiger partial charge in [0, 0.05) is 43.0 Å². The van der Waals surface area contributed by atoms with E-state index in [0.717, 1.165) is 82.4 Å². The Balaban J connectivity index is 0.00000181. The van der Waals surface area contributed by atoms with Crippen LogP contribution < -0.4 is 16.0 Å². The van der Waals surface area contributed by atoms with Gasteiger partial charge in [-0.05, 0) is 88.2 Å². The van der Waals surface area contributed by atoms with Crippen LogP contribution in [0.15, 0.2) is 12.1 Å². The van der Waals surface area contributed by atoms with Gasteiger partial charge >= 0.3 is 0 Å². The smallest absolute Gasteiger partial charge is 0.253 e. The lowest BCUT2D eigenvalue weighted by Crippen LogP contribution is -2.51. The molecule has 3 unspecified atom stereocenters. The summed E-state index contributed by atoms with van der Waals surface area (Å²) >= 11 is 6.37. The molecule has 222 valence electrons. The zero-order valence-electron chi connectivity index (χ0n) is 24.0. The summed E-state index contributed by atoms with van der Waals surface area (Å²) in [6.07, 6.45) is 6.98. The van der Waals surface area contributed by atoms with E-state index in [2.05, 4.69) is 25.2 Å². The van der Waals surface area contributed by atoms with Crippen LogP contribution in [0.4, 0.5) is 5.69 Å². The third kappa shape index (κ3) is 7.63. The van der Waals surface area contributed by atoms with Crippen LogP contribution in [0.2, 0.25) is 5.02 Å². The van der Waals surface area contributed by atoms with Crippen molar-refractivity contribution >= 4 is 46.0 Å². The summed E-state index contributed by atoms with van der Waals surface area (Å²) in [6, 6.07) is 3.86. The number of fused-ring (bicyclic) bond motifs is 3. The summed E-state index contributed by atoms with van der Waals surface area (Å²) in [6.45, 7) is 9.31. The highest BCUT2D eigenvalue weighted by atomic mass is 35.5. The normalized spacial score (nSPS) is 25.4. The number of nitrogens with zero attached hydrogens (tertiary/aromatic N) is 2. The van der Waals surface area contributed by atoms with Crippen LogP contribution in [0.25, 0.3) is 0 Å². The standard InChI is InChI=1S/C27H38ClN5O4S.C2H6/c1-17(34)29-7-2-8-32-9-5-18(6-10-32)16-38(37)33-21-3-4-22(33)14-20(13-21)30-27(36)23-11-19-12-26(35)31-25(19)15-24(23)28;1-2/h11,15,18,20-22H,2-10,12-14,16H2,1H3,(H,29,34)(H,30,36)(H,31,35);1-2H3/t20?,21-,22?,38?;/m1./s1. The minimum atomic E-state index is -1.00. The van der Waals surface area contributed by atoms with Gasteiger partial charge in [-0.1, -0.05) is 25.4 Å². The van der Waals surface area contributed by atoms with E-state index in [1.165, 1.54) is 0 Å². The van der Waals surface area contributed by atoms with Crippen LogP contribution >= 0.6 is 11.6 Å². The fraction of sp³-hybridized carbons (Fsp3) is 0.690. The molecule has 4 aliphatic rings. The maximum absolute atomic E-state index is 13.5. The van der Waals surface area contributed by atoms with E-state index in [1.54, 1.807) is 19.1 Å². The monoisotopic (exact) mass is 593 g/mol. The van der Waals surface area contributed by atoms with Gasteiger partial charge in [0.1, 0.15) is 0 Å². The predicted molar refractivity (Wildman–Crippen MR) is 160 cm³/mol. The minimum absolute atomic E-state index is 0.0199. The van der Waals surface area contributed by atoms with Crippen molar-refractivity contribution in [3.05, 3.63) is 28.3 Å². The number of likely N-dealkylation sites (tertiary alicyclic amines) is 1. The Labute approximate surface area is 245 Å². The number of halogens is 1. The van der Waals surface area contributed by atoms with E-state index in [1.807, 2.05) is 13.8 Å². The van der Waals surface area contributed by atoms with Crippen LogP contribution in [0.1, 0.15) is 81.6 Å². The number of hydrogen-bond acceptors (Lipinski definition) is 5. The van der Waals surface area contributed by atoms with Crippen molar-refractivity contribution in [3.8, 4) is 0 Å². The molecule has 1 aromatic rings. The molecule has 9 nitrogen and oxygen atoms in total. The molecule has 11 heteroatoms. The molecule has 0 aromatic heterocycles. The van der Waals surface area contributed by atoms with Crippen molar-refractivity contribution in [2.24, 2.45) is 5.92 Å². The highest BCUT2D eigenvalue weighted by Crippen LogP contribution is 2.38. The Kier molecular flexibility index (Phi) is 11.0. The van der Waals surface area contributed by atoms with Gasteiger partial charge in [0.2, 0.25) is 11.8 Å². The number of amides is 3. The third-order valence-corrected chi connectivity index (χ3v) is 10.5. The Morgan fingerprint density at radius 1 is 1.10 bits per heavy atom. The highest BCUT2D eigenvalue weighted by molar-refractivity contribution is 7.82. The Hall–Kier alpha value is -2.01. The van der Waals surface area contributed by atoms with Crippen molar-refractivity contribution in [3.63, 3.8) is 0 Å². The Morgan fingerprint density at radius 2 is 1.77 bits per heavy atom. The number of benzene rings is 1. The number of piperidine rings is 2. The zero-order valence-corrected chi connectivity index (χ0v) is 25.5. The first-order valence-corrected chi connectivity index (χ1v) is 16.5. The van der Waals surface area contributed by atoms with Crippen LogP contribution in [0.5, 0.6) is 0 Å². The largest absolute Gasteiger partial charge is 0.356 e. The van der Waals surface area contributed by atoms with Gasteiger partial charge in [-0.15, -0.1) is 0 Å². The molecule has 0 radical (unpaired) electrons. The molecular weight excluding hydrogens is 550 g/mol. The van der Waals surface area contributed by atoms with Gasteiger partial charge < -0.3 is 20.9 Å². The summed E-state index contributed by atoms with van der Waals surface area (Å²) in [7, 11) is -1.00. The third-order valence-electron chi connectivity index (χ3n) is 8.41. The molecule has 0 saturated carbocycles. The molecule has 2 bridgehead atoms. The van der Waals surface area contributed by atoms with Gasteiger partial charge in [-0.2, -0.15) is 0 Å². The second-order valence-corrected chi connectivity index (χ2v) is 13.0. The summed E-state index contributed by atoms with van der Waals surface area (Å²) in [4.78, 5) is 38.2. The number of anilines is 1. The topological polar surface area (TPSA) is 111 Å². The van der Waals surface area contributed by atoms with E-state index in [4.69, 9.17) is 11.6 Å². The van der Waals surface area contributed by atoms with Gasteiger partial charge in [-0.25, -0.2) is 8.51 Å². The number of hydrogen-bond donors (Lipinski definition) is 3. The lowest BCUT2D eigenvalue weighted by atomic mass is 9.99. The molecule has 0 spiro atoms. The summed E-state index contributed by atoms with van der Waals surface area (Å²) in [5, 5.41) is 9.12. The summed E-state index contributed by atoms with van der Waals surface area (Å²) in [5.74, 6) is 0.922. The Morgan fingerprint density at radius 3 is 2.42 bits per heavy atom. The van der Waals surface area contributed by atoms with Crippen molar-refractivity contribution in [2.75, 3.05) is 37.2 Å². The highest BCUT2D eigenvalue weighted by Gasteiger charge is 2.44. The number of rotatable bonds is 9. The molecule has 3 fully saturated rings. The van der Waals surface area contributed by atoms with Crippen LogP contribution in [-0.2, 0) is 27.0 Å². The second-order valence-electron chi connectivity index (χ2n) is 11.2. The van der Waals surface area contributed by atoms with Gasteiger partial charge in [0.15, 0.2) is 0 Å². The van der Waals surface area contributed by atoms with Crippen LogP contribution in [0.3, 0.4) is 0 Å². The molecule has 4 atom stereocenters. The fourth-order valence-electron chi connectivity index (χ4n) is 6.50. The fourth-order valence-corrected chi connectivity index (χ4v) is 8.71. The first-order valence-electron chi connectivity index (χ1n) is 14.8. The molecule has 40 heavy (non-hydrogen) atoms. The van der Waals surface area contributed by atoms with E-state index >= 15 is 0 Å². The average Bonchev–Trinajstić information content (AvgIpc) is 3.42. The van der Waals surface area contributed by atoms with Crippen molar-refractivity contribution in [1.82, 2.24) is 19.8 Å². The van der Waals surface area contributed by atoms with E-state index in [9.17, 15) is 18.6 Å². The average molecular weight is 594 g/mol. The van der Waals surface area contributed by atoms with E-state index in [0.29, 0.717) is 22.2 Å². The summed E-state index contributed by atoms with van der Waals surface area (Å²) < 4.78 is 15.7. The van der Waals surface area contributed by atoms with E-state index < -0.39 is 11.0 Å². The molecule has 3 N–H and O–H groups in total. The zero-order chi connectivity index (χ0) is 28.8. The van der Waals surface area contributed by atoms with Gasteiger partial charge in [-0.3, -0.25) is 14.4 Å². The first kappa shape index (κ1) is 30.9. The first-order chi connectivity index (χ1) is 19.3. The molecule has 4 heterocycles. The van der Waals surface area contributed by atoms with E-state index in [-0.39, 0.29) is 42.3 Å². The Bertz CT molecular complexity index is 1100. The van der Waals surface area contributed by atoms with Crippen molar-refractivity contribution in [1.29, 1.82) is 0 Å². The quantitative estimate of drug-likeness (QED) is 0.380. The van der Waals surface area contributed by atoms with Crippen LogP contribution in [0, 0.1) is 5.92 Å². The van der Waals surface area contributed by atoms with Crippen LogP contribution in [-0.4, -0.2) is 81.2 Å². The van der Waals surface area contributed by atoms with Gasteiger partial charge in [0.25, 0.3) is 5.91 Å². The molecule has 5 rings (SSSR count). The number of nitrogens with one attached hydrogen (secondary N) is 3. The summed E-state index contributed by atoms with van der Waals surface area (Å²) in [5.41, 5.74) is 1.88. The number of carbonyl (C=O) groups excluding carboxylic acids is 3. The number of carbonyl (C=O) groups is 3. The molecular formula is C29H44ClN5O4S. The lowest BCUT2D eigenvalue weighted by Gasteiger charge is -2.39. The second kappa shape index (κ2) is 14.2. The van der Waals surface area contributed by atoms with Crippen molar-refractivity contribution in [2.45, 2.75) is 90.3 Å². The minimum Gasteiger partial charge on any atom is -0.356 e. The molecule has 4 aliphatic heterocycles. The molecule has 0 aliphatic carbocycles. The lowest BCUT2D eigenvalue weighted by molar-refractivity contribution is -0.119. The molecule has 3 amide bonds.